The number of carbonyl (C=O) groups is 1. The maximum absolute atomic E-state index is 13.3. The van der Waals surface area contributed by atoms with Crippen LogP contribution in [-0.2, 0) is 16.8 Å². The van der Waals surface area contributed by atoms with E-state index < -0.39 is 5.60 Å². The van der Waals surface area contributed by atoms with Gasteiger partial charge in [-0.15, -0.1) is 0 Å². The second kappa shape index (κ2) is 7.59. The van der Waals surface area contributed by atoms with Crippen LogP contribution in [0.15, 0.2) is 55.4 Å². The molecule has 1 saturated heterocycles. The number of carbonyl (C=O) groups excluding carboxylic acids is 1. The molecule has 0 spiro atoms. The van der Waals surface area contributed by atoms with Crippen LogP contribution in [0.2, 0.25) is 0 Å². The molecular weight excluding hydrogens is 354 g/mol. The normalized spacial score (nSPS) is 17.4. The summed E-state index contributed by atoms with van der Waals surface area (Å²) in [6.45, 7) is 2.99. The zero-order valence-corrected chi connectivity index (χ0v) is 16.0. The molecule has 4 heterocycles. The zero-order valence-electron chi connectivity index (χ0n) is 16.0. The van der Waals surface area contributed by atoms with Gasteiger partial charge in [0.25, 0.3) is 0 Å². The van der Waals surface area contributed by atoms with Crippen LogP contribution in [-0.4, -0.2) is 48.5 Å². The minimum absolute atomic E-state index is 0.0599. The predicted octanol–water partition coefficient (Wildman–Crippen LogP) is 2.21. The summed E-state index contributed by atoms with van der Waals surface area (Å²) in [5.74, 6) is 0.0599. The number of pyridine rings is 1. The van der Waals surface area contributed by atoms with E-state index in [0.717, 1.165) is 11.3 Å². The molecule has 1 atom stereocenters. The Labute approximate surface area is 164 Å². The molecule has 1 fully saturated rings. The summed E-state index contributed by atoms with van der Waals surface area (Å²) in [6.07, 6.45) is 10.5. The fourth-order valence-electron chi connectivity index (χ4n) is 3.79. The van der Waals surface area contributed by atoms with Crippen molar-refractivity contribution in [3.8, 4) is 0 Å². The molecule has 146 valence electrons. The number of aromatic amines is 1. The molecule has 0 bridgehead atoms. The Hall–Kier alpha value is -2.93. The number of hydrogen-bond acceptors (Lipinski definition) is 4. The average molecular weight is 379 g/mol. The summed E-state index contributed by atoms with van der Waals surface area (Å²) >= 11 is 0. The molecule has 1 amide bonds. The Kier molecular flexibility index (Phi) is 5.00. The maximum Gasteiger partial charge on any atom is 0.246 e. The number of imidazole rings is 1. The van der Waals surface area contributed by atoms with Gasteiger partial charge in [0.05, 0.1) is 12.0 Å². The van der Waals surface area contributed by atoms with Crippen molar-refractivity contribution in [2.45, 2.75) is 37.8 Å². The molecule has 1 aliphatic heterocycles. The SMILES string of the molecule is Cc1ccc(C2(O)CCN(C(=O)[C@H](Cc3cnc[nH]3)n3cccc3)CC2)nc1. The molecule has 4 rings (SSSR count). The van der Waals surface area contributed by atoms with Crippen LogP contribution in [0, 0.1) is 6.92 Å². The van der Waals surface area contributed by atoms with Crippen LogP contribution in [0.4, 0.5) is 0 Å². The molecule has 0 unspecified atom stereocenters. The number of H-pyrrole nitrogens is 1. The van der Waals surface area contributed by atoms with E-state index >= 15 is 0 Å². The third kappa shape index (κ3) is 3.71. The lowest BCUT2D eigenvalue weighted by atomic mass is 9.87. The number of aromatic nitrogens is 4. The fraction of sp³-hybridized carbons (Fsp3) is 0.381. The van der Waals surface area contributed by atoms with Gasteiger partial charge in [-0.25, -0.2) is 4.98 Å². The Balaban J connectivity index is 1.47. The van der Waals surface area contributed by atoms with Crippen molar-refractivity contribution in [2.75, 3.05) is 13.1 Å². The minimum Gasteiger partial charge on any atom is -0.383 e. The highest BCUT2D eigenvalue weighted by Gasteiger charge is 2.38. The van der Waals surface area contributed by atoms with Crippen LogP contribution in [0.1, 0.15) is 35.8 Å². The van der Waals surface area contributed by atoms with Gasteiger partial charge in [-0.1, -0.05) is 6.07 Å². The van der Waals surface area contributed by atoms with Gasteiger partial charge in [-0.3, -0.25) is 9.78 Å². The molecule has 0 aliphatic carbocycles. The maximum atomic E-state index is 13.3. The molecular formula is C21H25N5O2. The van der Waals surface area contributed by atoms with Crippen molar-refractivity contribution in [2.24, 2.45) is 0 Å². The standard InChI is InChI=1S/C21H25N5O2/c1-16-4-5-19(23-13-16)21(28)6-10-26(11-7-21)20(27)18(25-8-2-3-9-25)12-17-14-22-15-24-17/h2-5,8-9,13-15,18,28H,6-7,10-12H2,1H3,(H,22,24)/t18-/m0/s1. The summed E-state index contributed by atoms with van der Waals surface area (Å²) in [5, 5.41) is 11.0. The first kappa shape index (κ1) is 18.4. The first-order valence-electron chi connectivity index (χ1n) is 9.59. The Bertz CT molecular complexity index is 895. The number of nitrogens with zero attached hydrogens (tertiary/aromatic N) is 4. The Morgan fingerprint density at radius 3 is 2.61 bits per heavy atom. The number of piperidine rings is 1. The van der Waals surface area contributed by atoms with E-state index in [9.17, 15) is 9.90 Å². The van der Waals surface area contributed by atoms with Gasteiger partial charge >= 0.3 is 0 Å². The van der Waals surface area contributed by atoms with E-state index in [1.807, 2.05) is 53.0 Å². The Morgan fingerprint density at radius 2 is 2.00 bits per heavy atom. The molecule has 3 aromatic rings. The van der Waals surface area contributed by atoms with E-state index in [1.165, 1.54) is 0 Å². The number of aryl methyl sites for hydroxylation is 1. The quantitative estimate of drug-likeness (QED) is 0.712. The molecule has 28 heavy (non-hydrogen) atoms. The number of likely N-dealkylation sites (tertiary alicyclic amines) is 1. The summed E-state index contributed by atoms with van der Waals surface area (Å²) in [4.78, 5) is 26.7. The van der Waals surface area contributed by atoms with E-state index in [1.54, 1.807) is 18.7 Å². The molecule has 0 radical (unpaired) electrons. The number of nitrogens with one attached hydrogen (secondary N) is 1. The van der Waals surface area contributed by atoms with Crippen molar-refractivity contribution >= 4 is 5.91 Å². The molecule has 7 heteroatoms. The van der Waals surface area contributed by atoms with E-state index in [4.69, 9.17) is 0 Å². The van der Waals surface area contributed by atoms with Crippen molar-refractivity contribution in [3.05, 3.63) is 72.3 Å². The summed E-state index contributed by atoms with van der Waals surface area (Å²) in [5.41, 5.74) is 1.69. The van der Waals surface area contributed by atoms with Crippen molar-refractivity contribution in [3.63, 3.8) is 0 Å². The highest BCUT2D eigenvalue weighted by molar-refractivity contribution is 5.81. The van der Waals surface area contributed by atoms with Gasteiger partial charge in [-0.05, 0) is 43.5 Å². The average Bonchev–Trinajstić information content (AvgIpc) is 3.41. The van der Waals surface area contributed by atoms with Crippen molar-refractivity contribution < 1.29 is 9.90 Å². The lowest BCUT2D eigenvalue weighted by molar-refractivity contribution is -0.139. The number of amides is 1. The largest absolute Gasteiger partial charge is 0.383 e. The number of rotatable bonds is 5. The molecule has 3 aromatic heterocycles. The summed E-state index contributed by atoms with van der Waals surface area (Å²) in [7, 11) is 0. The second-order valence-electron chi connectivity index (χ2n) is 7.50. The molecule has 0 aromatic carbocycles. The van der Waals surface area contributed by atoms with Gasteiger partial charge in [0, 0.05) is 50.0 Å². The van der Waals surface area contributed by atoms with Crippen LogP contribution >= 0.6 is 0 Å². The predicted molar refractivity (Wildman–Crippen MR) is 104 cm³/mol. The third-order valence-corrected chi connectivity index (χ3v) is 5.53. The smallest absolute Gasteiger partial charge is 0.246 e. The van der Waals surface area contributed by atoms with E-state index in [-0.39, 0.29) is 11.9 Å². The lowest BCUT2D eigenvalue weighted by Gasteiger charge is -2.39. The van der Waals surface area contributed by atoms with Crippen LogP contribution in [0.5, 0.6) is 0 Å². The van der Waals surface area contributed by atoms with Gasteiger partial charge in [-0.2, -0.15) is 0 Å². The molecule has 2 N–H and O–H groups in total. The molecule has 7 nitrogen and oxygen atoms in total. The topological polar surface area (TPSA) is 87.0 Å². The second-order valence-corrected chi connectivity index (χ2v) is 7.50. The Morgan fingerprint density at radius 1 is 1.25 bits per heavy atom. The number of hydrogen-bond donors (Lipinski definition) is 2. The van der Waals surface area contributed by atoms with Gasteiger partial charge in [0.1, 0.15) is 11.6 Å². The first-order valence-corrected chi connectivity index (χ1v) is 9.59. The summed E-state index contributed by atoms with van der Waals surface area (Å²) in [6, 6.07) is 7.35. The highest BCUT2D eigenvalue weighted by Crippen LogP contribution is 2.32. The fourth-order valence-corrected chi connectivity index (χ4v) is 3.79. The van der Waals surface area contributed by atoms with Gasteiger partial charge < -0.3 is 19.6 Å². The van der Waals surface area contributed by atoms with Crippen molar-refractivity contribution in [1.29, 1.82) is 0 Å². The highest BCUT2D eigenvalue weighted by atomic mass is 16.3. The minimum atomic E-state index is -0.975. The monoisotopic (exact) mass is 379 g/mol. The van der Waals surface area contributed by atoms with Gasteiger partial charge in [0.2, 0.25) is 5.91 Å². The van der Waals surface area contributed by atoms with E-state index in [2.05, 4.69) is 15.0 Å². The third-order valence-electron chi connectivity index (χ3n) is 5.53. The first-order chi connectivity index (χ1) is 13.5. The summed E-state index contributed by atoms with van der Waals surface area (Å²) < 4.78 is 1.94. The van der Waals surface area contributed by atoms with Crippen molar-refractivity contribution in [1.82, 2.24) is 24.4 Å². The van der Waals surface area contributed by atoms with E-state index in [0.29, 0.717) is 38.0 Å². The molecule has 0 saturated carbocycles. The zero-order chi connectivity index (χ0) is 19.6. The molecule has 1 aliphatic rings. The lowest BCUT2D eigenvalue weighted by Crippen LogP contribution is -2.48. The van der Waals surface area contributed by atoms with Crippen LogP contribution in [0.25, 0.3) is 0 Å². The van der Waals surface area contributed by atoms with Crippen LogP contribution < -0.4 is 0 Å². The number of aliphatic hydroxyl groups is 1. The van der Waals surface area contributed by atoms with Gasteiger partial charge in [0.15, 0.2) is 0 Å². The van der Waals surface area contributed by atoms with Crippen LogP contribution in [0.3, 0.4) is 0 Å².